The fourth-order valence-electron chi connectivity index (χ4n) is 4.24. The second-order valence-corrected chi connectivity index (χ2v) is 8.01. The van der Waals surface area contributed by atoms with E-state index in [1.807, 2.05) is 12.1 Å². The van der Waals surface area contributed by atoms with E-state index in [1.165, 1.54) is 0 Å². The van der Waals surface area contributed by atoms with Crippen LogP contribution in [0.25, 0.3) is 6.08 Å². The molecular weight excluding hydrogens is 410 g/mol. The molecule has 0 aliphatic carbocycles. The number of hydrogen-bond donors (Lipinski definition) is 0. The van der Waals surface area contributed by atoms with Gasteiger partial charge in [0.1, 0.15) is 28.6 Å². The van der Waals surface area contributed by atoms with Crippen LogP contribution in [0.2, 0.25) is 0 Å². The molecule has 7 nitrogen and oxygen atoms in total. The van der Waals surface area contributed by atoms with Crippen LogP contribution in [0.15, 0.2) is 42.5 Å². The van der Waals surface area contributed by atoms with Crippen molar-refractivity contribution in [2.24, 2.45) is 0 Å². The molecule has 2 aromatic rings. The quantitative estimate of drug-likeness (QED) is 0.664. The Balaban J connectivity index is 1.42. The number of fused-ring (bicyclic) bond motifs is 1. The number of ketones is 1. The number of benzene rings is 2. The van der Waals surface area contributed by atoms with E-state index in [0.29, 0.717) is 60.9 Å². The molecule has 7 heteroatoms. The van der Waals surface area contributed by atoms with Crippen LogP contribution in [0.3, 0.4) is 0 Å². The predicted octanol–water partition coefficient (Wildman–Crippen LogP) is 3.75. The van der Waals surface area contributed by atoms with E-state index >= 15 is 0 Å². The van der Waals surface area contributed by atoms with E-state index in [-0.39, 0.29) is 11.7 Å². The first-order chi connectivity index (χ1) is 15.5. The molecule has 0 saturated carbocycles. The number of rotatable bonds is 5. The van der Waals surface area contributed by atoms with Crippen molar-refractivity contribution in [2.45, 2.75) is 24.9 Å². The van der Waals surface area contributed by atoms with E-state index < -0.39 is 5.60 Å². The van der Waals surface area contributed by atoms with Crippen molar-refractivity contribution in [3.8, 4) is 23.0 Å². The lowest BCUT2D eigenvalue weighted by molar-refractivity contribution is -0.129. The van der Waals surface area contributed by atoms with Crippen molar-refractivity contribution in [3.63, 3.8) is 0 Å². The number of piperidine rings is 1. The molecule has 0 radical (unpaired) electrons. The maximum Gasteiger partial charge on any atom is 0.246 e. The van der Waals surface area contributed by atoms with Gasteiger partial charge in [0.2, 0.25) is 5.91 Å². The molecule has 1 amide bonds. The Bertz CT molecular complexity index is 1050. The van der Waals surface area contributed by atoms with Gasteiger partial charge in [-0.25, -0.2) is 0 Å². The summed E-state index contributed by atoms with van der Waals surface area (Å²) < 4.78 is 22.2. The van der Waals surface area contributed by atoms with Crippen LogP contribution in [0.1, 0.15) is 35.2 Å². The van der Waals surface area contributed by atoms with E-state index in [2.05, 4.69) is 0 Å². The SMILES string of the molecule is COc1ccc(/C=C/C(=O)N2CCC3(CC2)CC(=O)c2ccc(OC)cc2O3)c(OC)c1. The van der Waals surface area contributed by atoms with Crippen molar-refractivity contribution in [1.29, 1.82) is 0 Å². The maximum atomic E-state index is 12.8. The molecule has 168 valence electrons. The van der Waals surface area contributed by atoms with Crippen LogP contribution >= 0.6 is 0 Å². The third-order valence-electron chi connectivity index (χ3n) is 6.13. The average Bonchev–Trinajstić information content (AvgIpc) is 2.82. The first kappa shape index (κ1) is 21.7. The molecule has 2 heterocycles. The van der Waals surface area contributed by atoms with Gasteiger partial charge in [-0.15, -0.1) is 0 Å². The highest BCUT2D eigenvalue weighted by Gasteiger charge is 2.43. The summed E-state index contributed by atoms with van der Waals surface area (Å²) in [4.78, 5) is 27.3. The summed E-state index contributed by atoms with van der Waals surface area (Å²) in [6, 6.07) is 10.7. The van der Waals surface area contributed by atoms with Gasteiger partial charge in [0.15, 0.2) is 5.78 Å². The third-order valence-corrected chi connectivity index (χ3v) is 6.13. The molecule has 2 aliphatic heterocycles. The Kier molecular flexibility index (Phi) is 6.08. The Morgan fingerprint density at radius 3 is 2.38 bits per heavy atom. The Labute approximate surface area is 187 Å². The van der Waals surface area contributed by atoms with Crippen molar-refractivity contribution in [2.75, 3.05) is 34.4 Å². The maximum absolute atomic E-state index is 12.8. The summed E-state index contributed by atoms with van der Waals surface area (Å²) in [5, 5.41) is 0. The molecule has 0 bridgehead atoms. The standard InChI is InChI=1S/C25H27NO6/c1-29-18-6-4-17(22(14-18)31-3)5-9-24(28)26-12-10-25(11-13-26)16-21(27)20-8-7-19(30-2)15-23(20)32-25/h4-9,14-15H,10-13,16H2,1-3H3/b9-5+. The lowest BCUT2D eigenvalue weighted by Gasteiger charge is -2.43. The number of carbonyl (C=O) groups is 2. The normalized spacial score (nSPS) is 17.1. The molecule has 2 aromatic carbocycles. The Morgan fingerprint density at radius 2 is 1.69 bits per heavy atom. The van der Waals surface area contributed by atoms with Crippen LogP contribution in [0, 0.1) is 0 Å². The summed E-state index contributed by atoms with van der Waals surface area (Å²) in [7, 11) is 4.76. The first-order valence-electron chi connectivity index (χ1n) is 10.6. The molecule has 4 rings (SSSR count). The largest absolute Gasteiger partial charge is 0.497 e. The smallest absolute Gasteiger partial charge is 0.246 e. The van der Waals surface area contributed by atoms with Gasteiger partial charge in [0.05, 0.1) is 33.3 Å². The highest BCUT2D eigenvalue weighted by atomic mass is 16.5. The Morgan fingerprint density at radius 1 is 1.00 bits per heavy atom. The summed E-state index contributed by atoms with van der Waals surface area (Å²) in [5.74, 6) is 2.52. The zero-order valence-electron chi connectivity index (χ0n) is 18.6. The number of methoxy groups -OCH3 is 3. The van der Waals surface area contributed by atoms with E-state index in [0.717, 1.165) is 5.56 Å². The Hall–Kier alpha value is -3.48. The second-order valence-electron chi connectivity index (χ2n) is 8.01. The molecule has 0 aromatic heterocycles. The van der Waals surface area contributed by atoms with Crippen molar-refractivity contribution < 1.29 is 28.5 Å². The zero-order valence-corrected chi connectivity index (χ0v) is 18.6. The summed E-state index contributed by atoms with van der Waals surface area (Å²) in [5.41, 5.74) is 0.809. The minimum atomic E-state index is -0.573. The zero-order chi connectivity index (χ0) is 22.7. The van der Waals surface area contributed by atoms with Gasteiger partial charge < -0.3 is 23.8 Å². The molecule has 0 unspecified atom stereocenters. The van der Waals surface area contributed by atoms with Gasteiger partial charge in [-0.1, -0.05) is 0 Å². The van der Waals surface area contributed by atoms with E-state index in [4.69, 9.17) is 18.9 Å². The van der Waals surface area contributed by atoms with Gasteiger partial charge in [-0.05, 0) is 30.3 Å². The number of hydrogen-bond acceptors (Lipinski definition) is 6. The highest BCUT2D eigenvalue weighted by molar-refractivity contribution is 6.00. The van der Waals surface area contributed by atoms with Crippen molar-refractivity contribution >= 4 is 17.8 Å². The summed E-state index contributed by atoms with van der Waals surface area (Å²) >= 11 is 0. The van der Waals surface area contributed by atoms with Crippen molar-refractivity contribution in [3.05, 3.63) is 53.6 Å². The fraction of sp³-hybridized carbons (Fsp3) is 0.360. The highest BCUT2D eigenvalue weighted by Crippen LogP contribution is 2.40. The van der Waals surface area contributed by atoms with Crippen molar-refractivity contribution in [1.82, 2.24) is 4.90 Å². The van der Waals surface area contributed by atoms with Crippen LogP contribution in [0.4, 0.5) is 0 Å². The average molecular weight is 437 g/mol. The minimum Gasteiger partial charge on any atom is -0.497 e. The number of Topliss-reactive ketones (excluding diaryl/α,β-unsaturated/α-hetero) is 1. The van der Waals surface area contributed by atoms with E-state index in [1.54, 1.807) is 62.6 Å². The third kappa shape index (κ3) is 4.28. The summed E-state index contributed by atoms with van der Waals surface area (Å²) in [6.45, 7) is 1.05. The topological polar surface area (TPSA) is 74.3 Å². The molecule has 1 spiro atoms. The van der Waals surface area contributed by atoms with Crippen LogP contribution in [-0.4, -0.2) is 56.6 Å². The van der Waals surface area contributed by atoms with Gasteiger partial charge in [0.25, 0.3) is 0 Å². The predicted molar refractivity (Wildman–Crippen MR) is 120 cm³/mol. The molecule has 0 atom stereocenters. The first-order valence-corrected chi connectivity index (χ1v) is 10.6. The summed E-state index contributed by atoms with van der Waals surface area (Å²) in [6.07, 6.45) is 4.82. The van der Waals surface area contributed by atoms with Crippen LogP contribution in [-0.2, 0) is 4.79 Å². The number of amides is 1. The monoisotopic (exact) mass is 437 g/mol. The lowest BCUT2D eigenvalue weighted by atomic mass is 9.82. The van der Waals surface area contributed by atoms with Gasteiger partial charge >= 0.3 is 0 Å². The molecule has 2 aliphatic rings. The van der Waals surface area contributed by atoms with Gasteiger partial charge in [-0.3, -0.25) is 9.59 Å². The number of nitrogens with zero attached hydrogens (tertiary/aromatic N) is 1. The molecular formula is C25H27NO6. The lowest BCUT2D eigenvalue weighted by Crippen LogP contribution is -2.52. The van der Waals surface area contributed by atoms with Gasteiger partial charge in [0, 0.05) is 49.7 Å². The molecule has 0 N–H and O–H groups in total. The molecule has 32 heavy (non-hydrogen) atoms. The molecule has 1 saturated heterocycles. The van der Waals surface area contributed by atoms with Gasteiger partial charge in [-0.2, -0.15) is 0 Å². The van der Waals surface area contributed by atoms with Crippen LogP contribution in [0.5, 0.6) is 23.0 Å². The number of ether oxygens (including phenoxy) is 4. The van der Waals surface area contributed by atoms with Crippen LogP contribution < -0.4 is 18.9 Å². The fourth-order valence-corrected chi connectivity index (χ4v) is 4.24. The second kappa shape index (κ2) is 8.94. The molecule has 1 fully saturated rings. The minimum absolute atomic E-state index is 0.0696. The number of carbonyl (C=O) groups excluding carboxylic acids is 2. The van der Waals surface area contributed by atoms with E-state index in [9.17, 15) is 9.59 Å². The number of likely N-dealkylation sites (tertiary alicyclic amines) is 1.